The summed E-state index contributed by atoms with van der Waals surface area (Å²) in [7, 11) is -3.11. The second-order valence-corrected chi connectivity index (χ2v) is 6.25. The summed E-state index contributed by atoms with van der Waals surface area (Å²) in [6.07, 6.45) is 0.322. The molecule has 1 heterocycles. The van der Waals surface area contributed by atoms with Gasteiger partial charge in [0.15, 0.2) is 0 Å². The van der Waals surface area contributed by atoms with Crippen LogP contribution in [0.1, 0.15) is 13.3 Å². The van der Waals surface area contributed by atoms with Gasteiger partial charge in [0.25, 0.3) is 0 Å². The highest BCUT2D eigenvalue weighted by Gasteiger charge is 2.27. The van der Waals surface area contributed by atoms with Crippen molar-refractivity contribution in [3.05, 3.63) is 0 Å². The number of hydrogen-bond donors (Lipinski definition) is 0. The molecule has 0 aromatic carbocycles. The molecule has 0 atom stereocenters. The quantitative estimate of drug-likeness (QED) is 0.680. The SMILES string of the molecule is CCS(=O)(=O)N1CCN(C(=O)CCCl)CC1. The fourth-order valence-electron chi connectivity index (χ4n) is 1.64. The van der Waals surface area contributed by atoms with E-state index < -0.39 is 10.0 Å². The second-order valence-electron chi connectivity index (χ2n) is 3.62. The topological polar surface area (TPSA) is 57.7 Å². The molecule has 0 aliphatic carbocycles. The van der Waals surface area contributed by atoms with Gasteiger partial charge in [0.2, 0.25) is 15.9 Å². The monoisotopic (exact) mass is 268 g/mol. The van der Waals surface area contributed by atoms with Gasteiger partial charge in [-0.25, -0.2) is 8.42 Å². The zero-order valence-electron chi connectivity index (χ0n) is 9.36. The number of carbonyl (C=O) groups excluding carboxylic acids is 1. The molecule has 1 amide bonds. The Balaban J connectivity index is 2.49. The Bertz CT molecular complexity index is 337. The van der Waals surface area contributed by atoms with Crippen LogP contribution < -0.4 is 0 Å². The van der Waals surface area contributed by atoms with Gasteiger partial charge >= 0.3 is 0 Å². The van der Waals surface area contributed by atoms with Crippen molar-refractivity contribution in [2.45, 2.75) is 13.3 Å². The summed E-state index contributed by atoms with van der Waals surface area (Å²) >= 11 is 5.49. The molecule has 0 radical (unpaired) electrons. The number of halogens is 1. The third-order valence-corrected chi connectivity index (χ3v) is 4.73. The Kier molecular flexibility index (Phi) is 5.01. The summed E-state index contributed by atoms with van der Waals surface area (Å²) in [5.74, 6) is 0.429. The summed E-state index contributed by atoms with van der Waals surface area (Å²) in [5.41, 5.74) is 0. The van der Waals surface area contributed by atoms with Crippen LogP contribution in [-0.2, 0) is 14.8 Å². The van der Waals surface area contributed by atoms with Crippen LogP contribution in [0.5, 0.6) is 0 Å². The number of hydrogen-bond acceptors (Lipinski definition) is 3. The lowest BCUT2D eigenvalue weighted by Gasteiger charge is -2.33. The van der Waals surface area contributed by atoms with E-state index in [2.05, 4.69) is 0 Å². The van der Waals surface area contributed by atoms with Crippen LogP contribution in [0.4, 0.5) is 0 Å². The van der Waals surface area contributed by atoms with Gasteiger partial charge in [-0.1, -0.05) is 0 Å². The average molecular weight is 269 g/mol. The van der Waals surface area contributed by atoms with E-state index in [4.69, 9.17) is 11.6 Å². The molecular weight excluding hydrogens is 252 g/mol. The van der Waals surface area contributed by atoms with Crippen molar-refractivity contribution in [1.82, 2.24) is 9.21 Å². The first-order chi connectivity index (χ1) is 7.51. The highest BCUT2D eigenvalue weighted by molar-refractivity contribution is 7.89. The van der Waals surface area contributed by atoms with Gasteiger partial charge in [0.1, 0.15) is 0 Å². The largest absolute Gasteiger partial charge is 0.340 e. The van der Waals surface area contributed by atoms with Gasteiger partial charge in [0, 0.05) is 38.5 Å². The molecule has 5 nitrogen and oxygen atoms in total. The van der Waals surface area contributed by atoms with E-state index in [1.54, 1.807) is 11.8 Å². The number of piperazine rings is 1. The number of carbonyl (C=O) groups is 1. The zero-order valence-corrected chi connectivity index (χ0v) is 10.9. The summed E-state index contributed by atoms with van der Waals surface area (Å²) in [5, 5.41) is 0. The minimum Gasteiger partial charge on any atom is -0.340 e. The summed E-state index contributed by atoms with van der Waals surface area (Å²) in [4.78, 5) is 13.2. The van der Waals surface area contributed by atoms with E-state index in [0.29, 0.717) is 38.5 Å². The third-order valence-electron chi connectivity index (χ3n) is 2.66. The van der Waals surface area contributed by atoms with Crippen LogP contribution in [0.25, 0.3) is 0 Å². The van der Waals surface area contributed by atoms with Crippen LogP contribution >= 0.6 is 11.6 Å². The molecule has 0 N–H and O–H groups in total. The van der Waals surface area contributed by atoms with Gasteiger partial charge in [0.05, 0.1) is 5.75 Å². The molecule has 1 aliphatic rings. The Labute approximate surface area is 101 Å². The molecule has 0 bridgehead atoms. The molecular formula is C9H17ClN2O3S. The fourth-order valence-corrected chi connectivity index (χ4v) is 2.88. The zero-order chi connectivity index (χ0) is 12.2. The van der Waals surface area contributed by atoms with Crippen LogP contribution in [0, 0.1) is 0 Å². The van der Waals surface area contributed by atoms with E-state index in [9.17, 15) is 13.2 Å². The van der Waals surface area contributed by atoms with Crippen molar-refractivity contribution in [3.63, 3.8) is 0 Å². The minimum atomic E-state index is -3.11. The highest BCUT2D eigenvalue weighted by atomic mass is 35.5. The van der Waals surface area contributed by atoms with Crippen molar-refractivity contribution < 1.29 is 13.2 Å². The molecule has 1 aliphatic heterocycles. The van der Waals surface area contributed by atoms with Crippen molar-refractivity contribution in [2.24, 2.45) is 0 Å². The van der Waals surface area contributed by atoms with Crippen LogP contribution in [0.2, 0.25) is 0 Å². The Hall–Kier alpha value is -0.330. The van der Waals surface area contributed by atoms with Crippen LogP contribution in [0.3, 0.4) is 0 Å². The second kappa shape index (κ2) is 5.84. The standard InChI is InChI=1S/C9H17ClN2O3S/c1-2-16(14,15)12-7-5-11(6-8-12)9(13)3-4-10/h2-8H2,1H3. The Morgan fingerprint density at radius 3 is 2.25 bits per heavy atom. The molecule has 1 saturated heterocycles. The molecule has 0 saturated carbocycles. The maximum absolute atomic E-state index is 11.6. The van der Waals surface area contributed by atoms with E-state index in [0.717, 1.165) is 0 Å². The lowest BCUT2D eigenvalue weighted by atomic mass is 10.3. The third kappa shape index (κ3) is 3.33. The van der Waals surface area contributed by atoms with E-state index >= 15 is 0 Å². The number of sulfonamides is 1. The van der Waals surface area contributed by atoms with Gasteiger partial charge in [-0.15, -0.1) is 11.6 Å². The lowest BCUT2D eigenvalue weighted by Crippen LogP contribution is -2.50. The maximum Gasteiger partial charge on any atom is 0.223 e. The molecule has 0 aromatic rings. The Morgan fingerprint density at radius 2 is 1.81 bits per heavy atom. The van der Waals surface area contributed by atoms with Crippen molar-refractivity contribution in [1.29, 1.82) is 0 Å². The number of amides is 1. The summed E-state index contributed by atoms with van der Waals surface area (Å²) in [6.45, 7) is 3.35. The maximum atomic E-state index is 11.6. The molecule has 1 rings (SSSR count). The predicted octanol–water partition coefficient (Wildman–Crippen LogP) is 0.109. The normalized spacial score (nSPS) is 18.8. The van der Waals surface area contributed by atoms with Crippen molar-refractivity contribution >= 4 is 27.5 Å². The average Bonchev–Trinajstić information content (AvgIpc) is 2.29. The van der Waals surface area contributed by atoms with Gasteiger partial charge < -0.3 is 4.90 Å². The molecule has 1 fully saturated rings. The van der Waals surface area contributed by atoms with Gasteiger partial charge in [-0.2, -0.15) is 4.31 Å². The number of rotatable bonds is 4. The van der Waals surface area contributed by atoms with Crippen molar-refractivity contribution in [3.8, 4) is 0 Å². The first kappa shape index (κ1) is 13.7. The summed E-state index contributed by atoms with van der Waals surface area (Å²) < 4.78 is 24.6. The van der Waals surface area contributed by atoms with E-state index in [1.807, 2.05) is 0 Å². The molecule has 7 heteroatoms. The molecule has 16 heavy (non-hydrogen) atoms. The molecule has 94 valence electrons. The van der Waals surface area contributed by atoms with E-state index in [-0.39, 0.29) is 11.7 Å². The predicted molar refractivity (Wildman–Crippen MR) is 63.0 cm³/mol. The van der Waals surface area contributed by atoms with Crippen LogP contribution in [-0.4, -0.2) is 61.3 Å². The minimum absolute atomic E-state index is 0.00328. The molecule has 0 aromatic heterocycles. The first-order valence-corrected chi connectivity index (χ1v) is 7.47. The number of nitrogens with zero attached hydrogens (tertiary/aromatic N) is 2. The smallest absolute Gasteiger partial charge is 0.223 e. The first-order valence-electron chi connectivity index (χ1n) is 5.33. The van der Waals surface area contributed by atoms with Crippen LogP contribution in [0.15, 0.2) is 0 Å². The molecule has 0 spiro atoms. The van der Waals surface area contributed by atoms with Crippen molar-refractivity contribution in [2.75, 3.05) is 37.8 Å². The fraction of sp³-hybridized carbons (Fsp3) is 0.889. The molecule has 0 unspecified atom stereocenters. The van der Waals surface area contributed by atoms with Gasteiger partial charge in [-0.05, 0) is 6.92 Å². The summed E-state index contributed by atoms with van der Waals surface area (Å²) in [6, 6.07) is 0. The highest BCUT2D eigenvalue weighted by Crippen LogP contribution is 2.09. The van der Waals surface area contributed by atoms with E-state index in [1.165, 1.54) is 4.31 Å². The lowest BCUT2D eigenvalue weighted by molar-refractivity contribution is -0.131. The Morgan fingerprint density at radius 1 is 1.25 bits per heavy atom. The number of alkyl halides is 1. The van der Waals surface area contributed by atoms with Gasteiger partial charge in [-0.3, -0.25) is 4.79 Å².